The van der Waals surface area contributed by atoms with Crippen LogP contribution in [0.1, 0.15) is 31.1 Å². The summed E-state index contributed by atoms with van der Waals surface area (Å²) in [6.07, 6.45) is -1.27. The Morgan fingerprint density at radius 1 is 1.22 bits per heavy atom. The van der Waals surface area contributed by atoms with Crippen LogP contribution in [0.5, 0.6) is 0 Å². The molecule has 0 fully saturated rings. The zero-order valence-electron chi connectivity index (χ0n) is 15.4. The summed E-state index contributed by atoms with van der Waals surface area (Å²) >= 11 is 6.01. The smallest absolute Gasteiger partial charge is 0.338 e. The Labute approximate surface area is 163 Å². The zero-order chi connectivity index (χ0) is 20.8. The summed E-state index contributed by atoms with van der Waals surface area (Å²) < 4.78 is 31.5. The number of rotatable bonds is 7. The van der Waals surface area contributed by atoms with Crippen molar-refractivity contribution in [1.29, 1.82) is 0 Å². The SMILES string of the molecule is CCN(CC)S(=O)(=O)c1cc(C(=O)O[C@H](C)C(=O)NC(=O)NC)ccc1Cl. The summed E-state index contributed by atoms with van der Waals surface area (Å²) in [6.45, 7) is 5.11. The second-order valence-corrected chi connectivity index (χ2v) is 7.66. The molecule has 1 atom stereocenters. The van der Waals surface area contributed by atoms with Gasteiger partial charge in [-0.15, -0.1) is 0 Å². The van der Waals surface area contributed by atoms with Crippen LogP contribution in [0.25, 0.3) is 0 Å². The highest BCUT2D eigenvalue weighted by molar-refractivity contribution is 7.89. The third-order valence-electron chi connectivity index (χ3n) is 3.61. The number of nitrogens with zero attached hydrogens (tertiary/aromatic N) is 1. The van der Waals surface area contributed by atoms with E-state index in [1.807, 2.05) is 5.32 Å². The molecular weight excluding hydrogens is 398 g/mol. The molecule has 3 amide bonds. The molecule has 0 heterocycles. The molecule has 0 saturated carbocycles. The van der Waals surface area contributed by atoms with Gasteiger partial charge in [0.2, 0.25) is 10.0 Å². The minimum absolute atomic E-state index is 0.0381. The van der Waals surface area contributed by atoms with E-state index >= 15 is 0 Å². The monoisotopic (exact) mass is 419 g/mol. The fraction of sp³-hybridized carbons (Fsp3) is 0.438. The first-order valence-electron chi connectivity index (χ1n) is 8.11. The van der Waals surface area contributed by atoms with Gasteiger partial charge in [-0.25, -0.2) is 18.0 Å². The quantitative estimate of drug-likeness (QED) is 0.643. The van der Waals surface area contributed by atoms with Crippen molar-refractivity contribution in [1.82, 2.24) is 14.9 Å². The van der Waals surface area contributed by atoms with E-state index < -0.39 is 34.0 Å². The molecule has 0 unspecified atom stereocenters. The summed E-state index contributed by atoms with van der Waals surface area (Å²) in [5, 5.41) is 4.12. The zero-order valence-corrected chi connectivity index (χ0v) is 17.0. The molecule has 0 bridgehead atoms. The number of amides is 3. The molecule has 9 nitrogen and oxygen atoms in total. The minimum atomic E-state index is -3.89. The van der Waals surface area contributed by atoms with E-state index in [0.29, 0.717) is 0 Å². The van der Waals surface area contributed by atoms with Gasteiger partial charge in [-0.2, -0.15) is 4.31 Å². The number of benzene rings is 1. The molecule has 0 radical (unpaired) electrons. The van der Waals surface area contributed by atoms with Gasteiger partial charge in [0, 0.05) is 20.1 Å². The predicted molar refractivity (Wildman–Crippen MR) is 99.0 cm³/mol. The lowest BCUT2D eigenvalue weighted by Crippen LogP contribution is -2.43. The molecule has 150 valence electrons. The molecule has 1 rings (SSSR count). The average molecular weight is 420 g/mol. The molecule has 0 aliphatic rings. The molecule has 2 N–H and O–H groups in total. The van der Waals surface area contributed by atoms with Crippen molar-refractivity contribution in [3.63, 3.8) is 0 Å². The molecule has 0 aromatic heterocycles. The van der Waals surface area contributed by atoms with E-state index in [1.54, 1.807) is 13.8 Å². The van der Waals surface area contributed by atoms with Gasteiger partial charge in [-0.05, 0) is 25.1 Å². The first kappa shape index (κ1) is 22.9. The Hall–Kier alpha value is -2.17. The van der Waals surface area contributed by atoms with Crippen LogP contribution in [-0.2, 0) is 19.6 Å². The second kappa shape index (κ2) is 9.67. The van der Waals surface area contributed by atoms with Gasteiger partial charge in [-0.1, -0.05) is 25.4 Å². The lowest BCUT2D eigenvalue weighted by molar-refractivity contribution is -0.127. The van der Waals surface area contributed by atoms with Crippen LogP contribution in [0.4, 0.5) is 4.79 Å². The number of imide groups is 1. The van der Waals surface area contributed by atoms with Crippen molar-refractivity contribution in [3.05, 3.63) is 28.8 Å². The maximum Gasteiger partial charge on any atom is 0.338 e. The van der Waals surface area contributed by atoms with Crippen molar-refractivity contribution in [2.75, 3.05) is 20.1 Å². The molecule has 0 spiro atoms. The third kappa shape index (κ3) is 5.65. The molecule has 11 heteroatoms. The van der Waals surface area contributed by atoms with Gasteiger partial charge in [-0.3, -0.25) is 10.1 Å². The van der Waals surface area contributed by atoms with E-state index in [1.165, 1.54) is 30.4 Å². The fourth-order valence-corrected chi connectivity index (χ4v) is 4.05. The third-order valence-corrected chi connectivity index (χ3v) is 6.14. The van der Waals surface area contributed by atoms with Gasteiger partial charge in [0.1, 0.15) is 4.90 Å². The maximum atomic E-state index is 12.7. The molecule has 0 aliphatic carbocycles. The molecular formula is C16H22ClN3O6S. The molecule has 27 heavy (non-hydrogen) atoms. The highest BCUT2D eigenvalue weighted by Crippen LogP contribution is 2.26. The number of ether oxygens (including phenoxy) is 1. The second-order valence-electron chi connectivity index (χ2n) is 5.35. The summed E-state index contributed by atoms with van der Waals surface area (Å²) in [5.41, 5.74) is -0.0928. The summed E-state index contributed by atoms with van der Waals surface area (Å²) in [5.74, 6) is -1.75. The van der Waals surface area contributed by atoms with E-state index in [9.17, 15) is 22.8 Å². The predicted octanol–water partition coefficient (Wildman–Crippen LogP) is 1.37. The van der Waals surface area contributed by atoms with E-state index in [-0.39, 0.29) is 28.6 Å². The number of urea groups is 1. The lowest BCUT2D eigenvalue weighted by Gasteiger charge is -2.19. The van der Waals surface area contributed by atoms with Crippen LogP contribution in [0.15, 0.2) is 23.1 Å². The van der Waals surface area contributed by atoms with Gasteiger partial charge >= 0.3 is 12.0 Å². The van der Waals surface area contributed by atoms with Crippen molar-refractivity contribution >= 4 is 39.5 Å². The van der Waals surface area contributed by atoms with Gasteiger partial charge in [0.15, 0.2) is 6.10 Å². The minimum Gasteiger partial charge on any atom is -0.449 e. The van der Waals surface area contributed by atoms with Crippen LogP contribution in [0, 0.1) is 0 Å². The Kier molecular flexibility index (Phi) is 8.20. The topological polar surface area (TPSA) is 122 Å². The largest absolute Gasteiger partial charge is 0.449 e. The standard InChI is InChI=1S/C16H22ClN3O6S/c1-5-20(6-2)27(24,25)13-9-11(7-8-12(13)17)15(22)26-10(3)14(21)19-16(23)18-4/h7-10H,5-6H2,1-4H3,(H2,18,19,21,23)/t10-/m1/s1. The molecule has 1 aromatic rings. The van der Waals surface area contributed by atoms with E-state index in [0.717, 1.165) is 6.07 Å². The number of halogens is 1. The van der Waals surface area contributed by atoms with Crippen LogP contribution in [0.3, 0.4) is 0 Å². The van der Waals surface area contributed by atoms with Gasteiger partial charge in [0.05, 0.1) is 10.6 Å². The molecule has 0 aliphatic heterocycles. The van der Waals surface area contributed by atoms with Crippen molar-refractivity contribution in [2.24, 2.45) is 0 Å². The highest BCUT2D eigenvalue weighted by Gasteiger charge is 2.27. The Balaban J connectivity index is 3.07. The maximum absolute atomic E-state index is 12.7. The number of esters is 1. The summed E-state index contributed by atoms with van der Waals surface area (Å²) in [6, 6.07) is 2.91. The number of sulfonamides is 1. The van der Waals surface area contributed by atoms with Crippen LogP contribution in [-0.4, -0.2) is 56.9 Å². The first-order valence-corrected chi connectivity index (χ1v) is 9.93. The van der Waals surface area contributed by atoms with Gasteiger partial charge in [0.25, 0.3) is 5.91 Å². The number of carbonyl (C=O) groups is 3. The van der Waals surface area contributed by atoms with Crippen molar-refractivity contribution in [3.8, 4) is 0 Å². The molecule has 1 aromatic carbocycles. The van der Waals surface area contributed by atoms with Crippen LogP contribution < -0.4 is 10.6 Å². The van der Waals surface area contributed by atoms with Crippen molar-refractivity contribution < 1.29 is 27.5 Å². The fourth-order valence-electron chi connectivity index (χ4n) is 2.09. The summed E-state index contributed by atoms with van der Waals surface area (Å²) in [4.78, 5) is 34.9. The van der Waals surface area contributed by atoms with E-state index in [2.05, 4.69) is 5.32 Å². The Morgan fingerprint density at radius 3 is 2.33 bits per heavy atom. The number of hydrogen-bond acceptors (Lipinski definition) is 6. The molecule has 0 saturated heterocycles. The number of nitrogens with one attached hydrogen (secondary N) is 2. The van der Waals surface area contributed by atoms with Gasteiger partial charge < -0.3 is 10.1 Å². The Morgan fingerprint density at radius 2 is 1.81 bits per heavy atom. The summed E-state index contributed by atoms with van der Waals surface area (Å²) in [7, 11) is -2.57. The number of carbonyl (C=O) groups excluding carboxylic acids is 3. The Bertz CT molecular complexity index is 823. The van der Waals surface area contributed by atoms with Crippen LogP contribution >= 0.6 is 11.6 Å². The van der Waals surface area contributed by atoms with Crippen molar-refractivity contribution in [2.45, 2.75) is 31.8 Å². The van der Waals surface area contributed by atoms with Crippen LogP contribution in [0.2, 0.25) is 5.02 Å². The van der Waals surface area contributed by atoms with E-state index in [4.69, 9.17) is 16.3 Å². The average Bonchev–Trinajstić information content (AvgIpc) is 2.62. The highest BCUT2D eigenvalue weighted by atomic mass is 35.5. The number of hydrogen-bond donors (Lipinski definition) is 2. The first-order chi connectivity index (χ1) is 12.6. The normalized spacial score (nSPS) is 12.4. The lowest BCUT2D eigenvalue weighted by atomic mass is 10.2.